The van der Waals surface area contributed by atoms with Crippen molar-refractivity contribution in [2.24, 2.45) is 0 Å². The summed E-state index contributed by atoms with van der Waals surface area (Å²) < 4.78 is 5.36. The minimum Gasteiger partial charge on any atom is -0.378 e. The van der Waals surface area contributed by atoms with Crippen LogP contribution in [-0.2, 0) is 4.74 Å². The third kappa shape index (κ3) is 3.45. The van der Waals surface area contributed by atoms with Crippen molar-refractivity contribution in [3.63, 3.8) is 0 Å². The molecule has 8 heteroatoms. The summed E-state index contributed by atoms with van der Waals surface area (Å²) >= 11 is 8.06. The molecule has 2 saturated heterocycles. The van der Waals surface area contributed by atoms with Crippen molar-refractivity contribution in [1.82, 2.24) is 15.0 Å². The Bertz CT molecular complexity index is 449. The first-order chi connectivity index (χ1) is 9.83. The van der Waals surface area contributed by atoms with Gasteiger partial charge >= 0.3 is 0 Å². The predicted molar refractivity (Wildman–Crippen MR) is 82.0 cm³/mol. The van der Waals surface area contributed by atoms with Crippen LogP contribution < -0.4 is 9.80 Å². The highest BCUT2D eigenvalue weighted by molar-refractivity contribution is 7.99. The lowest BCUT2D eigenvalue weighted by Gasteiger charge is -2.28. The van der Waals surface area contributed by atoms with E-state index in [0.717, 1.165) is 38.4 Å². The first-order valence-corrected chi connectivity index (χ1v) is 8.43. The molecule has 110 valence electrons. The molecule has 1 aromatic rings. The summed E-state index contributed by atoms with van der Waals surface area (Å²) in [6.07, 6.45) is 1.15. The molecule has 0 radical (unpaired) electrons. The van der Waals surface area contributed by atoms with E-state index in [0.29, 0.717) is 25.1 Å². The number of nitrogens with zero attached hydrogens (tertiary/aromatic N) is 5. The van der Waals surface area contributed by atoms with Crippen LogP contribution in [0.15, 0.2) is 0 Å². The van der Waals surface area contributed by atoms with Crippen LogP contribution in [0, 0.1) is 0 Å². The van der Waals surface area contributed by atoms with Gasteiger partial charge in [0.05, 0.1) is 13.2 Å². The standard InChI is InChI=1S/C12H18ClN5OS/c13-10-14-11(17-2-1-8-20-9-5-17)16-12(15-10)18-3-6-19-7-4-18/h1-9H2. The van der Waals surface area contributed by atoms with Gasteiger partial charge in [0.2, 0.25) is 17.2 Å². The van der Waals surface area contributed by atoms with Gasteiger partial charge in [0, 0.05) is 31.9 Å². The molecule has 0 spiro atoms. The van der Waals surface area contributed by atoms with Crippen molar-refractivity contribution in [3.05, 3.63) is 5.28 Å². The molecule has 6 nitrogen and oxygen atoms in total. The normalized spacial score (nSPS) is 20.9. The number of halogens is 1. The van der Waals surface area contributed by atoms with E-state index in [1.165, 1.54) is 5.75 Å². The van der Waals surface area contributed by atoms with E-state index in [1.807, 2.05) is 11.8 Å². The monoisotopic (exact) mass is 315 g/mol. The average molecular weight is 316 g/mol. The number of thioether (sulfide) groups is 1. The molecule has 1 aromatic heterocycles. The Balaban J connectivity index is 1.81. The molecule has 0 N–H and O–H groups in total. The second kappa shape index (κ2) is 6.78. The summed E-state index contributed by atoms with van der Waals surface area (Å²) in [5.41, 5.74) is 0. The molecular formula is C12H18ClN5OS. The van der Waals surface area contributed by atoms with E-state index < -0.39 is 0 Å². The van der Waals surface area contributed by atoms with Crippen molar-refractivity contribution >= 4 is 35.3 Å². The lowest BCUT2D eigenvalue weighted by Crippen LogP contribution is -2.38. The minimum absolute atomic E-state index is 0.272. The maximum Gasteiger partial charge on any atom is 0.231 e. The largest absolute Gasteiger partial charge is 0.378 e. The van der Waals surface area contributed by atoms with Crippen LogP contribution >= 0.6 is 23.4 Å². The van der Waals surface area contributed by atoms with Crippen LogP contribution in [0.4, 0.5) is 11.9 Å². The summed E-state index contributed by atoms with van der Waals surface area (Å²) in [6, 6.07) is 0. The molecule has 3 rings (SSSR count). The lowest BCUT2D eigenvalue weighted by atomic mass is 10.4. The number of ether oxygens (including phenoxy) is 1. The van der Waals surface area contributed by atoms with Crippen LogP contribution in [-0.4, -0.2) is 65.9 Å². The first kappa shape index (κ1) is 14.2. The summed E-state index contributed by atoms with van der Waals surface area (Å²) in [7, 11) is 0. The fourth-order valence-corrected chi connectivity index (χ4v) is 3.36. The summed E-state index contributed by atoms with van der Waals surface area (Å²) in [5.74, 6) is 3.68. The fourth-order valence-electron chi connectivity index (χ4n) is 2.32. The molecule has 0 unspecified atom stereocenters. The fraction of sp³-hybridized carbons (Fsp3) is 0.750. The SMILES string of the molecule is Clc1nc(N2CCOCC2)nc(N2CCCSCC2)n1. The number of aromatic nitrogens is 3. The summed E-state index contributed by atoms with van der Waals surface area (Å²) in [6.45, 7) is 4.96. The molecule has 20 heavy (non-hydrogen) atoms. The van der Waals surface area contributed by atoms with Gasteiger partial charge in [-0.3, -0.25) is 0 Å². The van der Waals surface area contributed by atoms with E-state index in [9.17, 15) is 0 Å². The van der Waals surface area contributed by atoms with Crippen LogP contribution in [0.5, 0.6) is 0 Å². The van der Waals surface area contributed by atoms with Gasteiger partial charge in [0.15, 0.2) is 0 Å². The van der Waals surface area contributed by atoms with Crippen molar-refractivity contribution in [3.8, 4) is 0 Å². The van der Waals surface area contributed by atoms with Crippen molar-refractivity contribution in [1.29, 1.82) is 0 Å². The quantitative estimate of drug-likeness (QED) is 0.815. The zero-order chi connectivity index (χ0) is 13.8. The average Bonchev–Trinajstić information content (AvgIpc) is 2.77. The highest BCUT2D eigenvalue weighted by atomic mass is 35.5. The highest BCUT2D eigenvalue weighted by Crippen LogP contribution is 2.20. The number of rotatable bonds is 2. The van der Waals surface area contributed by atoms with Crippen LogP contribution in [0.3, 0.4) is 0 Å². The second-order valence-electron chi connectivity index (χ2n) is 4.76. The zero-order valence-electron chi connectivity index (χ0n) is 11.3. The lowest BCUT2D eigenvalue weighted by molar-refractivity contribution is 0.122. The Labute approximate surface area is 127 Å². The van der Waals surface area contributed by atoms with Crippen LogP contribution in [0.1, 0.15) is 6.42 Å². The topological polar surface area (TPSA) is 54.4 Å². The van der Waals surface area contributed by atoms with Gasteiger partial charge in [-0.15, -0.1) is 0 Å². The van der Waals surface area contributed by atoms with Gasteiger partial charge in [0.1, 0.15) is 0 Å². The Hall–Kier alpha value is -0.790. The van der Waals surface area contributed by atoms with Gasteiger partial charge in [-0.25, -0.2) is 0 Å². The maximum absolute atomic E-state index is 6.08. The highest BCUT2D eigenvalue weighted by Gasteiger charge is 2.19. The van der Waals surface area contributed by atoms with Crippen molar-refractivity contribution < 1.29 is 4.74 Å². The van der Waals surface area contributed by atoms with E-state index in [1.54, 1.807) is 0 Å². The third-order valence-corrected chi connectivity index (χ3v) is 4.60. The Morgan fingerprint density at radius 2 is 1.60 bits per heavy atom. The zero-order valence-corrected chi connectivity index (χ0v) is 12.9. The summed E-state index contributed by atoms with van der Waals surface area (Å²) in [5, 5.41) is 0.272. The molecule has 0 atom stereocenters. The molecule has 0 amide bonds. The number of hydrogen-bond acceptors (Lipinski definition) is 7. The number of morpholine rings is 1. The molecule has 0 saturated carbocycles. The third-order valence-electron chi connectivity index (χ3n) is 3.38. The smallest absolute Gasteiger partial charge is 0.231 e. The van der Waals surface area contributed by atoms with Gasteiger partial charge in [-0.05, 0) is 23.8 Å². The predicted octanol–water partition coefficient (Wildman–Crippen LogP) is 1.30. The maximum atomic E-state index is 6.08. The van der Waals surface area contributed by atoms with Crippen LogP contribution in [0.2, 0.25) is 5.28 Å². The van der Waals surface area contributed by atoms with Gasteiger partial charge < -0.3 is 14.5 Å². The summed E-state index contributed by atoms with van der Waals surface area (Å²) in [4.78, 5) is 17.5. The Morgan fingerprint density at radius 1 is 0.900 bits per heavy atom. The molecule has 0 aliphatic carbocycles. The molecular weight excluding hydrogens is 298 g/mol. The number of hydrogen-bond donors (Lipinski definition) is 0. The second-order valence-corrected chi connectivity index (χ2v) is 6.32. The first-order valence-electron chi connectivity index (χ1n) is 6.90. The Morgan fingerprint density at radius 3 is 2.35 bits per heavy atom. The number of anilines is 2. The van der Waals surface area contributed by atoms with Crippen molar-refractivity contribution in [2.45, 2.75) is 6.42 Å². The molecule has 3 heterocycles. The van der Waals surface area contributed by atoms with E-state index >= 15 is 0 Å². The van der Waals surface area contributed by atoms with Gasteiger partial charge in [-0.2, -0.15) is 26.7 Å². The molecule has 2 aliphatic rings. The van der Waals surface area contributed by atoms with E-state index in [4.69, 9.17) is 16.3 Å². The van der Waals surface area contributed by atoms with Crippen molar-refractivity contribution in [2.75, 3.05) is 60.7 Å². The Kier molecular flexibility index (Phi) is 4.80. The van der Waals surface area contributed by atoms with Gasteiger partial charge in [0.25, 0.3) is 0 Å². The van der Waals surface area contributed by atoms with Crippen LogP contribution in [0.25, 0.3) is 0 Å². The molecule has 0 aromatic carbocycles. The van der Waals surface area contributed by atoms with E-state index in [-0.39, 0.29) is 5.28 Å². The van der Waals surface area contributed by atoms with Gasteiger partial charge in [-0.1, -0.05) is 0 Å². The molecule has 2 fully saturated rings. The molecule has 0 bridgehead atoms. The van der Waals surface area contributed by atoms with E-state index in [2.05, 4.69) is 24.8 Å². The minimum atomic E-state index is 0.272. The molecule has 2 aliphatic heterocycles.